The molecule has 1 aromatic heterocycles. The van der Waals surface area contributed by atoms with Crippen LogP contribution in [0, 0.1) is 0 Å². The number of rotatable bonds is 8. The first-order valence-electron chi connectivity index (χ1n) is 6.21. The van der Waals surface area contributed by atoms with Gasteiger partial charge in [-0.2, -0.15) is 0 Å². The molecule has 0 aromatic carbocycles. The second-order valence-electron chi connectivity index (χ2n) is 4.39. The zero-order valence-electron chi connectivity index (χ0n) is 11.3. The van der Waals surface area contributed by atoms with E-state index in [1.165, 1.54) is 0 Å². The third-order valence-corrected chi connectivity index (χ3v) is 2.77. The summed E-state index contributed by atoms with van der Waals surface area (Å²) in [5, 5.41) is 11.4. The number of carbonyl (C=O) groups is 2. The first-order valence-corrected chi connectivity index (χ1v) is 6.21. The smallest absolute Gasteiger partial charge is 0.303 e. The number of methoxy groups -OCH3 is 1. The summed E-state index contributed by atoms with van der Waals surface area (Å²) in [7, 11) is 1.61. The largest absolute Gasteiger partial charge is 0.481 e. The number of carbonyl (C=O) groups excluding carboxylic acids is 1. The summed E-state index contributed by atoms with van der Waals surface area (Å²) in [5.41, 5.74) is 0.555. The number of carboxylic acid groups (broad SMARTS) is 1. The van der Waals surface area contributed by atoms with E-state index in [-0.39, 0.29) is 18.4 Å². The summed E-state index contributed by atoms with van der Waals surface area (Å²) in [6.45, 7) is 2.93. The molecule has 0 saturated carbocycles. The first kappa shape index (κ1) is 15.2. The number of amides is 1. The molecule has 0 aliphatic rings. The molecule has 0 spiro atoms. The standard InChI is InChI=1S/C13H20N2O4/c1-10(5-6-12(16)17)14-13(18)11-4-3-7-15(11)8-9-19-2/h3-4,7,10H,5-6,8-9H2,1-2H3,(H,14,18)(H,16,17). The average molecular weight is 268 g/mol. The molecule has 1 unspecified atom stereocenters. The van der Waals surface area contributed by atoms with Crippen molar-refractivity contribution in [3.8, 4) is 0 Å². The number of aromatic nitrogens is 1. The van der Waals surface area contributed by atoms with Crippen LogP contribution in [0.2, 0.25) is 0 Å². The van der Waals surface area contributed by atoms with E-state index in [4.69, 9.17) is 9.84 Å². The van der Waals surface area contributed by atoms with Gasteiger partial charge in [0.05, 0.1) is 6.61 Å². The minimum atomic E-state index is -0.857. The molecule has 106 valence electrons. The van der Waals surface area contributed by atoms with Crippen LogP contribution in [0.5, 0.6) is 0 Å². The van der Waals surface area contributed by atoms with E-state index in [1.54, 1.807) is 26.2 Å². The predicted molar refractivity (Wildman–Crippen MR) is 70.1 cm³/mol. The lowest BCUT2D eigenvalue weighted by Crippen LogP contribution is -2.34. The van der Waals surface area contributed by atoms with Gasteiger partial charge in [0, 0.05) is 32.3 Å². The number of hydrogen-bond donors (Lipinski definition) is 2. The monoisotopic (exact) mass is 268 g/mol. The third kappa shape index (κ3) is 5.13. The van der Waals surface area contributed by atoms with E-state index >= 15 is 0 Å². The van der Waals surface area contributed by atoms with Gasteiger partial charge < -0.3 is 19.7 Å². The maximum atomic E-state index is 12.0. The number of nitrogens with one attached hydrogen (secondary N) is 1. The Bertz CT molecular complexity index is 428. The number of nitrogens with zero attached hydrogens (tertiary/aromatic N) is 1. The van der Waals surface area contributed by atoms with Gasteiger partial charge >= 0.3 is 5.97 Å². The van der Waals surface area contributed by atoms with Crippen molar-refractivity contribution in [2.45, 2.75) is 32.4 Å². The molecule has 6 heteroatoms. The Balaban J connectivity index is 2.53. The van der Waals surface area contributed by atoms with Crippen molar-refractivity contribution in [2.75, 3.05) is 13.7 Å². The fraction of sp³-hybridized carbons (Fsp3) is 0.538. The highest BCUT2D eigenvalue weighted by Crippen LogP contribution is 2.04. The van der Waals surface area contributed by atoms with Crippen LogP contribution in [0.4, 0.5) is 0 Å². The van der Waals surface area contributed by atoms with Crippen molar-refractivity contribution in [1.82, 2.24) is 9.88 Å². The molecule has 1 heterocycles. The van der Waals surface area contributed by atoms with Gasteiger partial charge in [-0.05, 0) is 25.5 Å². The van der Waals surface area contributed by atoms with Crippen molar-refractivity contribution in [1.29, 1.82) is 0 Å². The highest BCUT2D eigenvalue weighted by atomic mass is 16.5. The zero-order valence-corrected chi connectivity index (χ0v) is 11.3. The lowest BCUT2D eigenvalue weighted by Gasteiger charge is -2.14. The maximum absolute atomic E-state index is 12.0. The van der Waals surface area contributed by atoms with E-state index < -0.39 is 5.97 Å². The van der Waals surface area contributed by atoms with Crippen molar-refractivity contribution >= 4 is 11.9 Å². The maximum Gasteiger partial charge on any atom is 0.303 e. The normalized spacial score (nSPS) is 12.1. The van der Waals surface area contributed by atoms with E-state index in [0.717, 1.165) is 0 Å². The molecule has 0 aliphatic carbocycles. The van der Waals surface area contributed by atoms with E-state index in [1.807, 2.05) is 10.8 Å². The molecule has 1 rings (SSSR count). The van der Waals surface area contributed by atoms with Crippen LogP contribution < -0.4 is 5.32 Å². The fourth-order valence-electron chi connectivity index (χ4n) is 1.71. The molecular formula is C13H20N2O4. The summed E-state index contributed by atoms with van der Waals surface area (Å²) < 4.78 is 6.79. The Morgan fingerprint density at radius 2 is 2.26 bits per heavy atom. The molecule has 0 fully saturated rings. The summed E-state index contributed by atoms with van der Waals surface area (Å²) in [6, 6.07) is 3.36. The minimum absolute atomic E-state index is 0.0478. The molecule has 0 saturated heterocycles. The lowest BCUT2D eigenvalue weighted by molar-refractivity contribution is -0.137. The molecule has 19 heavy (non-hydrogen) atoms. The molecule has 0 bridgehead atoms. The van der Waals surface area contributed by atoms with Gasteiger partial charge in [-0.1, -0.05) is 0 Å². The molecule has 0 radical (unpaired) electrons. The van der Waals surface area contributed by atoms with Crippen LogP contribution in [0.1, 0.15) is 30.3 Å². The Kier molecular flexibility index (Phi) is 6.08. The highest BCUT2D eigenvalue weighted by molar-refractivity contribution is 5.92. The van der Waals surface area contributed by atoms with Gasteiger partial charge in [0.1, 0.15) is 5.69 Å². The summed E-state index contributed by atoms with van der Waals surface area (Å²) in [5.74, 6) is -1.05. The van der Waals surface area contributed by atoms with Crippen LogP contribution in [0.25, 0.3) is 0 Å². The molecule has 2 N–H and O–H groups in total. The summed E-state index contributed by atoms with van der Waals surface area (Å²) in [4.78, 5) is 22.5. The van der Waals surface area contributed by atoms with Crippen LogP contribution in [0.3, 0.4) is 0 Å². The first-order chi connectivity index (χ1) is 9.04. The lowest BCUT2D eigenvalue weighted by atomic mass is 10.2. The third-order valence-electron chi connectivity index (χ3n) is 2.77. The van der Waals surface area contributed by atoms with Gasteiger partial charge in [0.2, 0.25) is 0 Å². The SMILES string of the molecule is COCCn1cccc1C(=O)NC(C)CCC(=O)O. The Labute approximate surface area is 112 Å². The van der Waals surface area contributed by atoms with Crippen LogP contribution in [-0.4, -0.2) is 41.3 Å². The van der Waals surface area contributed by atoms with Crippen molar-refractivity contribution < 1.29 is 19.4 Å². The fourth-order valence-corrected chi connectivity index (χ4v) is 1.71. The topological polar surface area (TPSA) is 80.6 Å². The molecule has 1 atom stereocenters. The van der Waals surface area contributed by atoms with E-state index in [0.29, 0.717) is 25.3 Å². The van der Waals surface area contributed by atoms with E-state index in [2.05, 4.69) is 5.32 Å². The number of ether oxygens (including phenoxy) is 1. The number of carboxylic acids is 1. The Morgan fingerprint density at radius 3 is 2.89 bits per heavy atom. The summed E-state index contributed by atoms with van der Waals surface area (Å²) in [6.07, 6.45) is 2.28. The molecule has 1 aromatic rings. The second kappa shape index (κ2) is 7.58. The van der Waals surface area contributed by atoms with E-state index in [9.17, 15) is 9.59 Å². The van der Waals surface area contributed by atoms with Gasteiger partial charge in [-0.3, -0.25) is 9.59 Å². The van der Waals surface area contributed by atoms with Crippen LogP contribution in [0.15, 0.2) is 18.3 Å². The molecular weight excluding hydrogens is 248 g/mol. The number of hydrogen-bond acceptors (Lipinski definition) is 3. The van der Waals surface area contributed by atoms with Crippen LogP contribution >= 0.6 is 0 Å². The predicted octanol–water partition coefficient (Wildman–Crippen LogP) is 1.12. The van der Waals surface area contributed by atoms with Crippen molar-refractivity contribution in [2.24, 2.45) is 0 Å². The molecule has 0 aliphatic heterocycles. The van der Waals surface area contributed by atoms with Gasteiger partial charge in [-0.15, -0.1) is 0 Å². The molecule has 6 nitrogen and oxygen atoms in total. The van der Waals surface area contributed by atoms with Gasteiger partial charge in [0.15, 0.2) is 0 Å². The van der Waals surface area contributed by atoms with Gasteiger partial charge in [0.25, 0.3) is 5.91 Å². The Morgan fingerprint density at radius 1 is 1.53 bits per heavy atom. The average Bonchev–Trinajstić information content (AvgIpc) is 2.82. The highest BCUT2D eigenvalue weighted by Gasteiger charge is 2.14. The number of aliphatic carboxylic acids is 1. The second-order valence-corrected chi connectivity index (χ2v) is 4.39. The summed E-state index contributed by atoms with van der Waals surface area (Å²) >= 11 is 0. The van der Waals surface area contributed by atoms with Crippen LogP contribution in [-0.2, 0) is 16.1 Å². The van der Waals surface area contributed by atoms with Crippen molar-refractivity contribution in [3.05, 3.63) is 24.0 Å². The zero-order chi connectivity index (χ0) is 14.3. The minimum Gasteiger partial charge on any atom is -0.481 e. The quantitative estimate of drug-likeness (QED) is 0.740. The van der Waals surface area contributed by atoms with Crippen molar-refractivity contribution in [3.63, 3.8) is 0 Å². The van der Waals surface area contributed by atoms with Gasteiger partial charge in [-0.25, -0.2) is 0 Å². The Hall–Kier alpha value is -1.82. The molecule has 1 amide bonds.